The summed E-state index contributed by atoms with van der Waals surface area (Å²) in [6.45, 7) is 0. The van der Waals surface area contributed by atoms with Gasteiger partial charge in [-0.1, -0.05) is 30.3 Å². The lowest BCUT2D eigenvalue weighted by molar-refractivity contribution is 0.0964. The predicted molar refractivity (Wildman–Crippen MR) is 105 cm³/mol. The number of methoxy groups -OCH3 is 1. The highest BCUT2D eigenvalue weighted by Crippen LogP contribution is 2.34. The molecule has 6 nitrogen and oxygen atoms in total. The molecule has 1 heterocycles. The largest absolute Gasteiger partial charge is 0.497 e. The van der Waals surface area contributed by atoms with Crippen molar-refractivity contribution in [2.45, 2.75) is 18.8 Å². The molecule has 3 aromatic rings. The number of anilines is 3. The van der Waals surface area contributed by atoms with Crippen molar-refractivity contribution in [3.8, 4) is 5.75 Å². The predicted octanol–water partition coefficient (Wildman–Crippen LogP) is 3.72. The van der Waals surface area contributed by atoms with E-state index in [0.717, 1.165) is 17.0 Å². The number of nitrogen functional groups attached to an aromatic ring is 1. The van der Waals surface area contributed by atoms with Crippen LogP contribution in [0.2, 0.25) is 0 Å². The number of hydrogen-bond donors (Lipinski definition) is 2. The molecule has 0 aliphatic heterocycles. The van der Waals surface area contributed by atoms with E-state index in [2.05, 4.69) is 15.3 Å². The van der Waals surface area contributed by atoms with Gasteiger partial charge in [-0.05, 0) is 42.2 Å². The van der Waals surface area contributed by atoms with Gasteiger partial charge in [0.2, 0.25) is 5.95 Å². The summed E-state index contributed by atoms with van der Waals surface area (Å²) < 4.78 is 5.16. The van der Waals surface area contributed by atoms with Crippen molar-refractivity contribution in [2.24, 2.45) is 0 Å². The Bertz CT molecular complexity index is 971. The first-order valence-electron chi connectivity index (χ1n) is 8.79. The van der Waals surface area contributed by atoms with Gasteiger partial charge in [0.15, 0.2) is 5.78 Å². The standard InChI is InChI=1S/C21H20N4O2/c1-27-16-9-7-15(8-10-16)23-21-24-17-11-14(13-5-3-2-4-6-13)12-18(26)19(17)20(22)25-21/h2-10,14H,11-12H2,1H3,(H3,22,23,24,25). The molecule has 1 unspecified atom stereocenters. The number of aromatic nitrogens is 2. The Kier molecular flexibility index (Phi) is 4.46. The number of fused-ring (bicyclic) bond motifs is 1. The third-order valence-corrected chi connectivity index (χ3v) is 4.78. The molecule has 136 valence electrons. The van der Waals surface area contributed by atoms with E-state index in [1.54, 1.807) is 7.11 Å². The zero-order valence-electron chi connectivity index (χ0n) is 15.0. The van der Waals surface area contributed by atoms with Gasteiger partial charge in [-0.3, -0.25) is 4.79 Å². The molecule has 3 N–H and O–H groups in total. The molecule has 1 aliphatic carbocycles. The smallest absolute Gasteiger partial charge is 0.229 e. The maximum Gasteiger partial charge on any atom is 0.229 e. The molecular weight excluding hydrogens is 340 g/mol. The van der Waals surface area contributed by atoms with Gasteiger partial charge in [-0.25, -0.2) is 4.98 Å². The summed E-state index contributed by atoms with van der Waals surface area (Å²) in [6, 6.07) is 17.5. The molecule has 0 saturated heterocycles. The SMILES string of the molecule is COc1ccc(Nc2nc(N)c3c(n2)CC(c2ccccc2)CC3=O)cc1. The minimum Gasteiger partial charge on any atom is -0.497 e. The summed E-state index contributed by atoms with van der Waals surface area (Å²) in [5.41, 5.74) is 9.20. The number of nitrogens with zero attached hydrogens (tertiary/aromatic N) is 2. The maximum absolute atomic E-state index is 12.6. The fourth-order valence-electron chi connectivity index (χ4n) is 3.43. The van der Waals surface area contributed by atoms with Gasteiger partial charge in [-0.15, -0.1) is 0 Å². The van der Waals surface area contributed by atoms with Crippen molar-refractivity contribution in [1.82, 2.24) is 9.97 Å². The highest BCUT2D eigenvalue weighted by Gasteiger charge is 2.30. The van der Waals surface area contributed by atoms with Crippen LogP contribution in [0.15, 0.2) is 54.6 Å². The lowest BCUT2D eigenvalue weighted by Crippen LogP contribution is -2.23. The number of ketones is 1. The quantitative estimate of drug-likeness (QED) is 0.737. The Hall–Kier alpha value is -3.41. The lowest BCUT2D eigenvalue weighted by Gasteiger charge is -2.24. The number of Topliss-reactive ketones (excluding diaryl/α,β-unsaturated/α-hetero) is 1. The Balaban J connectivity index is 1.63. The highest BCUT2D eigenvalue weighted by atomic mass is 16.5. The van der Waals surface area contributed by atoms with Crippen LogP contribution in [0.1, 0.15) is 34.0 Å². The average Bonchev–Trinajstić information content (AvgIpc) is 2.68. The van der Waals surface area contributed by atoms with E-state index < -0.39 is 0 Å². The Morgan fingerprint density at radius 1 is 1.04 bits per heavy atom. The fraction of sp³-hybridized carbons (Fsp3) is 0.190. The summed E-state index contributed by atoms with van der Waals surface area (Å²) in [6.07, 6.45) is 1.09. The molecule has 0 amide bonds. The zero-order chi connectivity index (χ0) is 18.8. The van der Waals surface area contributed by atoms with Crippen LogP contribution in [-0.4, -0.2) is 22.9 Å². The van der Waals surface area contributed by atoms with Crippen molar-refractivity contribution < 1.29 is 9.53 Å². The molecule has 0 fully saturated rings. The third-order valence-electron chi connectivity index (χ3n) is 4.78. The first-order valence-corrected chi connectivity index (χ1v) is 8.79. The maximum atomic E-state index is 12.6. The minimum atomic E-state index is -0.00130. The molecular formula is C21H20N4O2. The van der Waals surface area contributed by atoms with Crippen LogP contribution in [-0.2, 0) is 6.42 Å². The Morgan fingerprint density at radius 2 is 1.78 bits per heavy atom. The van der Waals surface area contributed by atoms with Crippen molar-refractivity contribution in [3.05, 3.63) is 71.4 Å². The molecule has 1 atom stereocenters. The van der Waals surface area contributed by atoms with E-state index in [-0.39, 0.29) is 17.5 Å². The van der Waals surface area contributed by atoms with Crippen LogP contribution >= 0.6 is 0 Å². The van der Waals surface area contributed by atoms with Gasteiger partial charge in [0.05, 0.1) is 18.4 Å². The molecule has 0 spiro atoms. The fourth-order valence-corrected chi connectivity index (χ4v) is 3.43. The molecule has 27 heavy (non-hydrogen) atoms. The second-order valence-corrected chi connectivity index (χ2v) is 6.55. The average molecular weight is 360 g/mol. The van der Waals surface area contributed by atoms with E-state index in [9.17, 15) is 4.79 Å². The summed E-state index contributed by atoms with van der Waals surface area (Å²) in [5, 5.41) is 3.15. The van der Waals surface area contributed by atoms with Gasteiger partial charge in [-0.2, -0.15) is 4.98 Å². The van der Waals surface area contributed by atoms with E-state index in [0.29, 0.717) is 30.0 Å². The monoisotopic (exact) mass is 360 g/mol. The highest BCUT2D eigenvalue weighted by molar-refractivity contribution is 6.02. The number of hydrogen-bond acceptors (Lipinski definition) is 6. The van der Waals surface area contributed by atoms with Crippen molar-refractivity contribution in [1.29, 1.82) is 0 Å². The molecule has 4 rings (SSSR count). The summed E-state index contributed by atoms with van der Waals surface area (Å²) in [5.74, 6) is 1.49. The molecule has 2 aromatic carbocycles. The second-order valence-electron chi connectivity index (χ2n) is 6.55. The number of carbonyl (C=O) groups is 1. The number of ether oxygens (including phenoxy) is 1. The zero-order valence-corrected chi connectivity index (χ0v) is 15.0. The second kappa shape index (κ2) is 7.07. The Morgan fingerprint density at radius 3 is 2.48 bits per heavy atom. The van der Waals surface area contributed by atoms with Crippen LogP contribution in [0.3, 0.4) is 0 Å². The van der Waals surface area contributed by atoms with Gasteiger partial charge in [0.25, 0.3) is 0 Å². The lowest BCUT2D eigenvalue weighted by atomic mass is 9.82. The number of carbonyl (C=O) groups excluding carboxylic acids is 1. The van der Waals surface area contributed by atoms with E-state index in [4.69, 9.17) is 10.5 Å². The molecule has 6 heteroatoms. The summed E-state index contributed by atoms with van der Waals surface area (Å²) in [7, 11) is 1.62. The molecule has 0 bridgehead atoms. The van der Waals surface area contributed by atoms with E-state index in [1.807, 2.05) is 54.6 Å². The van der Waals surface area contributed by atoms with E-state index in [1.165, 1.54) is 0 Å². The summed E-state index contributed by atoms with van der Waals surface area (Å²) in [4.78, 5) is 21.5. The molecule has 0 saturated carbocycles. The van der Waals surface area contributed by atoms with E-state index >= 15 is 0 Å². The van der Waals surface area contributed by atoms with Crippen LogP contribution in [0.4, 0.5) is 17.5 Å². The van der Waals surface area contributed by atoms with Crippen molar-refractivity contribution in [3.63, 3.8) is 0 Å². The topological polar surface area (TPSA) is 90.1 Å². The number of nitrogens with one attached hydrogen (secondary N) is 1. The van der Waals surface area contributed by atoms with Gasteiger partial charge < -0.3 is 15.8 Å². The normalized spacial score (nSPS) is 15.9. The van der Waals surface area contributed by atoms with Gasteiger partial charge in [0.1, 0.15) is 11.6 Å². The number of benzene rings is 2. The van der Waals surface area contributed by atoms with Crippen LogP contribution in [0.5, 0.6) is 5.75 Å². The molecule has 1 aliphatic rings. The number of rotatable bonds is 4. The van der Waals surface area contributed by atoms with Crippen LogP contribution < -0.4 is 15.8 Å². The van der Waals surface area contributed by atoms with Crippen LogP contribution in [0.25, 0.3) is 0 Å². The molecule has 1 aromatic heterocycles. The Labute approximate surface area is 157 Å². The summed E-state index contributed by atoms with van der Waals surface area (Å²) >= 11 is 0. The van der Waals surface area contributed by atoms with Crippen molar-refractivity contribution >= 4 is 23.2 Å². The first-order chi connectivity index (χ1) is 13.1. The van der Waals surface area contributed by atoms with Gasteiger partial charge >= 0.3 is 0 Å². The first kappa shape index (κ1) is 17.0. The number of nitrogens with two attached hydrogens (primary N) is 1. The van der Waals surface area contributed by atoms with Crippen LogP contribution in [0, 0.1) is 0 Å². The molecule has 0 radical (unpaired) electrons. The van der Waals surface area contributed by atoms with Crippen molar-refractivity contribution in [2.75, 3.05) is 18.2 Å². The third kappa shape index (κ3) is 3.46. The minimum absolute atomic E-state index is 0.00130. The van der Waals surface area contributed by atoms with Gasteiger partial charge in [0, 0.05) is 12.1 Å².